The summed E-state index contributed by atoms with van der Waals surface area (Å²) in [5, 5.41) is 1.87. The lowest BCUT2D eigenvalue weighted by Gasteiger charge is -2.02. The minimum atomic E-state index is -0.393. The van der Waals surface area contributed by atoms with Crippen molar-refractivity contribution in [1.29, 1.82) is 0 Å². The molecule has 17 heavy (non-hydrogen) atoms. The first-order chi connectivity index (χ1) is 8.13. The van der Waals surface area contributed by atoms with Crippen molar-refractivity contribution >= 4 is 38.9 Å². The monoisotopic (exact) mass is 311 g/mol. The Kier molecular flexibility index (Phi) is 3.49. The SMILES string of the molecule is COC(=O)c1scc(-c2ccc(Br)cc2)c1N. The van der Waals surface area contributed by atoms with Crippen LogP contribution < -0.4 is 5.73 Å². The highest BCUT2D eigenvalue weighted by Crippen LogP contribution is 2.34. The number of nitrogen functional groups attached to an aromatic ring is 1. The number of methoxy groups -OCH3 is 1. The quantitative estimate of drug-likeness (QED) is 0.863. The molecule has 5 heteroatoms. The van der Waals surface area contributed by atoms with Crippen LogP contribution in [0.3, 0.4) is 0 Å². The average molecular weight is 312 g/mol. The number of halogens is 1. The zero-order valence-electron chi connectivity index (χ0n) is 9.07. The van der Waals surface area contributed by atoms with Crippen LogP contribution in [0.4, 0.5) is 5.69 Å². The summed E-state index contributed by atoms with van der Waals surface area (Å²) < 4.78 is 5.67. The molecule has 0 aliphatic heterocycles. The molecule has 0 saturated heterocycles. The number of ether oxygens (including phenoxy) is 1. The Bertz CT molecular complexity index is 548. The van der Waals surface area contributed by atoms with Crippen molar-refractivity contribution in [3.8, 4) is 11.1 Å². The fourth-order valence-corrected chi connectivity index (χ4v) is 2.65. The first-order valence-corrected chi connectivity index (χ1v) is 6.52. The number of hydrogen-bond acceptors (Lipinski definition) is 4. The second kappa shape index (κ2) is 4.89. The number of anilines is 1. The summed E-state index contributed by atoms with van der Waals surface area (Å²) in [5.41, 5.74) is 8.27. The van der Waals surface area contributed by atoms with E-state index >= 15 is 0 Å². The van der Waals surface area contributed by atoms with Crippen molar-refractivity contribution in [2.45, 2.75) is 0 Å². The number of carbonyl (C=O) groups excluding carboxylic acids is 1. The molecule has 0 aliphatic rings. The van der Waals surface area contributed by atoms with Crippen LogP contribution in [0.2, 0.25) is 0 Å². The maximum absolute atomic E-state index is 11.4. The van der Waals surface area contributed by atoms with Crippen LogP contribution in [0.15, 0.2) is 34.1 Å². The van der Waals surface area contributed by atoms with E-state index in [4.69, 9.17) is 5.73 Å². The second-order valence-electron chi connectivity index (χ2n) is 3.39. The van der Waals surface area contributed by atoms with Crippen LogP contribution >= 0.6 is 27.3 Å². The molecule has 0 atom stereocenters. The molecule has 0 radical (unpaired) electrons. The summed E-state index contributed by atoms with van der Waals surface area (Å²) in [6, 6.07) is 7.77. The van der Waals surface area contributed by atoms with Gasteiger partial charge in [0.1, 0.15) is 4.88 Å². The van der Waals surface area contributed by atoms with Gasteiger partial charge in [0.2, 0.25) is 0 Å². The topological polar surface area (TPSA) is 52.3 Å². The largest absolute Gasteiger partial charge is 0.465 e. The summed E-state index contributed by atoms with van der Waals surface area (Å²) in [5.74, 6) is -0.393. The zero-order chi connectivity index (χ0) is 12.4. The van der Waals surface area contributed by atoms with Crippen molar-refractivity contribution in [1.82, 2.24) is 0 Å². The molecule has 0 amide bonds. The molecule has 0 spiro atoms. The lowest BCUT2D eigenvalue weighted by Crippen LogP contribution is -2.02. The Hall–Kier alpha value is -1.33. The highest BCUT2D eigenvalue weighted by Gasteiger charge is 2.16. The van der Waals surface area contributed by atoms with Crippen LogP contribution in [0.1, 0.15) is 9.67 Å². The van der Waals surface area contributed by atoms with Gasteiger partial charge in [-0.05, 0) is 17.7 Å². The Labute approximate surface area is 111 Å². The third-order valence-corrected chi connectivity index (χ3v) is 3.86. The zero-order valence-corrected chi connectivity index (χ0v) is 11.5. The maximum Gasteiger partial charge on any atom is 0.350 e. The molecule has 0 fully saturated rings. The molecule has 1 aromatic carbocycles. The minimum Gasteiger partial charge on any atom is -0.465 e. The van der Waals surface area contributed by atoms with E-state index in [-0.39, 0.29) is 0 Å². The van der Waals surface area contributed by atoms with E-state index in [0.717, 1.165) is 15.6 Å². The van der Waals surface area contributed by atoms with Crippen molar-refractivity contribution in [3.63, 3.8) is 0 Å². The number of nitrogens with two attached hydrogens (primary N) is 1. The van der Waals surface area contributed by atoms with E-state index in [2.05, 4.69) is 20.7 Å². The molecule has 2 rings (SSSR count). The molecular weight excluding hydrogens is 302 g/mol. The van der Waals surface area contributed by atoms with E-state index in [1.165, 1.54) is 18.4 Å². The van der Waals surface area contributed by atoms with Gasteiger partial charge < -0.3 is 10.5 Å². The molecule has 2 N–H and O–H groups in total. The van der Waals surface area contributed by atoms with E-state index < -0.39 is 5.97 Å². The standard InChI is InChI=1S/C12H10BrNO2S/c1-16-12(15)11-10(14)9(6-17-11)7-2-4-8(13)5-3-7/h2-6H,14H2,1H3. The highest BCUT2D eigenvalue weighted by atomic mass is 79.9. The minimum absolute atomic E-state index is 0.393. The van der Waals surface area contributed by atoms with Crippen LogP contribution in [-0.2, 0) is 4.74 Å². The first-order valence-electron chi connectivity index (χ1n) is 4.84. The molecule has 88 valence electrons. The smallest absolute Gasteiger partial charge is 0.350 e. The molecule has 0 unspecified atom stereocenters. The van der Waals surface area contributed by atoms with Crippen LogP contribution in [0.25, 0.3) is 11.1 Å². The summed E-state index contributed by atoms with van der Waals surface area (Å²) in [6.45, 7) is 0. The van der Waals surface area contributed by atoms with E-state index in [1.807, 2.05) is 29.6 Å². The number of hydrogen-bond donors (Lipinski definition) is 1. The number of thiophene rings is 1. The third-order valence-electron chi connectivity index (χ3n) is 2.36. The molecule has 0 aliphatic carbocycles. The van der Waals surface area contributed by atoms with E-state index in [0.29, 0.717) is 10.6 Å². The Morgan fingerprint density at radius 1 is 1.35 bits per heavy atom. The number of benzene rings is 1. The molecule has 0 saturated carbocycles. The maximum atomic E-state index is 11.4. The van der Waals surface area contributed by atoms with Crippen molar-refractivity contribution in [3.05, 3.63) is 39.0 Å². The van der Waals surface area contributed by atoms with E-state index in [1.54, 1.807) is 0 Å². The van der Waals surface area contributed by atoms with Gasteiger partial charge in [-0.2, -0.15) is 0 Å². The average Bonchev–Trinajstić information content (AvgIpc) is 2.71. The van der Waals surface area contributed by atoms with Crippen molar-refractivity contribution in [2.75, 3.05) is 12.8 Å². The van der Waals surface area contributed by atoms with Gasteiger partial charge in [0, 0.05) is 15.4 Å². The lowest BCUT2D eigenvalue weighted by molar-refractivity contribution is 0.0607. The molecule has 2 aromatic rings. The van der Waals surface area contributed by atoms with Gasteiger partial charge in [0.25, 0.3) is 0 Å². The van der Waals surface area contributed by atoms with Crippen LogP contribution in [0, 0.1) is 0 Å². The van der Waals surface area contributed by atoms with Crippen molar-refractivity contribution in [2.24, 2.45) is 0 Å². The normalized spacial score (nSPS) is 10.2. The Morgan fingerprint density at radius 2 is 2.00 bits per heavy atom. The van der Waals surface area contributed by atoms with Crippen molar-refractivity contribution < 1.29 is 9.53 Å². The lowest BCUT2D eigenvalue weighted by atomic mass is 10.1. The van der Waals surface area contributed by atoms with Crippen LogP contribution in [0.5, 0.6) is 0 Å². The summed E-state index contributed by atoms with van der Waals surface area (Å²) in [7, 11) is 1.35. The summed E-state index contributed by atoms with van der Waals surface area (Å²) in [6.07, 6.45) is 0. The Morgan fingerprint density at radius 3 is 2.59 bits per heavy atom. The number of carbonyl (C=O) groups is 1. The van der Waals surface area contributed by atoms with Gasteiger partial charge in [-0.25, -0.2) is 4.79 Å². The number of rotatable bonds is 2. The van der Waals surface area contributed by atoms with Gasteiger partial charge in [0.15, 0.2) is 0 Å². The fraction of sp³-hybridized carbons (Fsp3) is 0.0833. The summed E-state index contributed by atoms with van der Waals surface area (Å²) in [4.78, 5) is 11.9. The predicted molar refractivity (Wildman–Crippen MR) is 73.2 cm³/mol. The molecular formula is C12H10BrNO2S. The van der Waals surface area contributed by atoms with Crippen LogP contribution in [-0.4, -0.2) is 13.1 Å². The van der Waals surface area contributed by atoms with Gasteiger partial charge in [-0.15, -0.1) is 11.3 Å². The highest BCUT2D eigenvalue weighted by molar-refractivity contribution is 9.10. The number of esters is 1. The Balaban J connectivity index is 2.44. The molecule has 0 bridgehead atoms. The fourth-order valence-electron chi connectivity index (χ4n) is 1.47. The van der Waals surface area contributed by atoms with Gasteiger partial charge >= 0.3 is 5.97 Å². The second-order valence-corrected chi connectivity index (χ2v) is 5.19. The van der Waals surface area contributed by atoms with Gasteiger partial charge in [-0.3, -0.25) is 0 Å². The molecule has 1 heterocycles. The van der Waals surface area contributed by atoms with E-state index in [9.17, 15) is 4.79 Å². The molecule has 1 aromatic heterocycles. The third kappa shape index (κ3) is 2.35. The van der Waals surface area contributed by atoms with Gasteiger partial charge in [-0.1, -0.05) is 28.1 Å². The predicted octanol–water partition coefficient (Wildman–Crippen LogP) is 3.55. The first kappa shape index (κ1) is 12.1. The van der Waals surface area contributed by atoms with Gasteiger partial charge in [0.05, 0.1) is 12.8 Å². The molecule has 3 nitrogen and oxygen atoms in total. The summed E-state index contributed by atoms with van der Waals surface area (Å²) >= 11 is 4.67.